The van der Waals surface area contributed by atoms with E-state index < -0.39 is 0 Å². The highest BCUT2D eigenvalue weighted by Gasteiger charge is 2.25. The largest absolute Gasteiger partial charge is 0.492 e. The fourth-order valence-electron chi connectivity index (χ4n) is 2.86. The molecule has 1 aliphatic heterocycles. The van der Waals surface area contributed by atoms with Gasteiger partial charge in [0.2, 0.25) is 0 Å². The van der Waals surface area contributed by atoms with E-state index in [1.54, 1.807) is 12.1 Å². The van der Waals surface area contributed by atoms with Crippen molar-refractivity contribution < 1.29 is 14.3 Å². The van der Waals surface area contributed by atoms with Crippen molar-refractivity contribution >= 4 is 40.6 Å². The number of amides is 2. The molecule has 0 bridgehead atoms. The van der Waals surface area contributed by atoms with Crippen molar-refractivity contribution in [1.29, 1.82) is 0 Å². The van der Waals surface area contributed by atoms with Crippen LogP contribution in [0.25, 0.3) is 6.08 Å². The number of hydrogen-bond acceptors (Lipinski definition) is 4. The third-order valence-electron chi connectivity index (χ3n) is 4.10. The zero-order valence-electron chi connectivity index (χ0n) is 12.6. The molecule has 1 aromatic carbocycles. The van der Waals surface area contributed by atoms with Gasteiger partial charge in [-0.05, 0) is 54.3 Å². The highest BCUT2D eigenvalue weighted by atomic mass is 35.5. The molecule has 0 radical (unpaired) electrons. The van der Waals surface area contributed by atoms with Crippen molar-refractivity contribution in [3.63, 3.8) is 0 Å². The van der Waals surface area contributed by atoms with Gasteiger partial charge in [0.05, 0.1) is 16.5 Å². The number of ether oxygens (including phenoxy) is 1. The van der Waals surface area contributed by atoms with Crippen LogP contribution < -0.4 is 10.1 Å². The van der Waals surface area contributed by atoms with E-state index in [0.29, 0.717) is 28.2 Å². The molecular formula is C17H18ClNO3S. The lowest BCUT2D eigenvalue weighted by molar-refractivity contribution is -0.115. The van der Waals surface area contributed by atoms with Crippen LogP contribution in [0.2, 0.25) is 5.02 Å². The van der Waals surface area contributed by atoms with Crippen molar-refractivity contribution in [2.24, 2.45) is 5.92 Å². The van der Waals surface area contributed by atoms with Crippen molar-refractivity contribution in [2.45, 2.75) is 32.1 Å². The van der Waals surface area contributed by atoms with Crippen LogP contribution in [0.3, 0.4) is 0 Å². The number of imide groups is 1. The summed E-state index contributed by atoms with van der Waals surface area (Å²) in [6, 6.07) is 5.41. The van der Waals surface area contributed by atoms with Gasteiger partial charge in [-0.1, -0.05) is 36.9 Å². The number of rotatable bonds is 4. The Labute approximate surface area is 144 Å². The highest BCUT2D eigenvalue weighted by molar-refractivity contribution is 8.18. The lowest BCUT2D eigenvalue weighted by Gasteiger charge is -2.22. The predicted octanol–water partition coefficient (Wildman–Crippen LogP) is 4.62. The first-order chi connectivity index (χ1) is 11.1. The molecule has 2 aliphatic rings. The fourth-order valence-corrected chi connectivity index (χ4v) is 3.78. The van der Waals surface area contributed by atoms with Crippen molar-refractivity contribution in [2.75, 3.05) is 6.61 Å². The fraction of sp³-hybridized carbons (Fsp3) is 0.412. The summed E-state index contributed by atoms with van der Waals surface area (Å²) in [5, 5.41) is 2.40. The van der Waals surface area contributed by atoms with Crippen LogP contribution in [0.5, 0.6) is 5.75 Å². The average molecular weight is 352 g/mol. The highest BCUT2D eigenvalue weighted by Crippen LogP contribution is 2.31. The molecule has 1 saturated heterocycles. The molecule has 2 amide bonds. The number of carbonyl (C=O) groups excluding carboxylic acids is 2. The molecule has 2 fully saturated rings. The van der Waals surface area contributed by atoms with Crippen LogP contribution in [0, 0.1) is 5.92 Å². The summed E-state index contributed by atoms with van der Waals surface area (Å²) in [4.78, 5) is 23.1. The smallest absolute Gasteiger partial charge is 0.290 e. The van der Waals surface area contributed by atoms with Gasteiger partial charge in [-0.3, -0.25) is 14.9 Å². The van der Waals surface area contributed by atoms with Crippen molar-refractivity contribution in [1.82, 2.24) is 5.32 Å². The second-order valence-electron chi connectivity index (χ2n) is 5.86. The molecular weight excluding hydrogens is 334 g/mol. The molecule has 122 valence electrons. The van der Waals surface area contributed by atoms with Gasteiger partial charge in [-0.15, -0.1) is 0 Å². The summed E-state index contributed by atoms with van der Waals surface area (Å²) in [5.41, 5.74) is 0.771. The van der Waals surface area contributed by atoms with E-state index in [0.717, 1.165) is 17.3 Å². The van der Waals surface area contributed by atoms with E-state index in [2.05, 4.69) is 5.32 Å². The molecule has 0 unspecified atom stereocenters. The molecule has 6 heteroatoms. The van der Waals surface area contributed by atoms with E-state index in [-0.39, 0.29) is 11.1 Å². The maximum Gasteiger partial charge on any atom is 0.290 e. The first-order valence-electron chi connectivity index (χ1n) is 7.79. The van der Waals surface area contributed by atoms with Crippen LogP contribution in [-0.4, -0.2) is 17.8 Å². The van der Waals surface area contributed by atoms with Crippen LogP contribution in [0.15, 0.2) is 23.1 Å². The normalized spacial score (nSPS) is 20.8. The Kier molecular flexibility index (Phi) is 5.28. The SMILES string of the molecule is O=C1NC(=O)/C(=C\c2ccc(OCC3CCCCC3)c(Cl)c2)S1. The Morgan fingerprint density at radius 2 is 2.04 bits per heavy atom. The summed E-state index contributed by atoms with van der Waals surface area (Å²) in [7, 11) is 0. The second kappa shape index (κ2) is 7.41. The van der Waals surface area contributed by atoms with Gasteiger partial charge in [0.1, 0.15) is 5.75 Å². The third-order valence-corrected chi connectivity index (χ3v) is 5.20. The maximum atomic E-state index is 11.5. The maximum absolute atomic E-state index is 11.5. The quantitative estimate of drug-likeness (QED) is 0.804. The Morgan fingerprint density at radius 1 is 1.26 bits per heavy atom. The summed E-state index contributed by atoms with van der Waals surface area (Å²) < 4.78 is 5.85. The monoisotopic (exact) mass is 351 g/mol. The van der Waals surface area contributed by atoms with Gasteiger partial charge in [-0.2, -0.15) is 0 Å². The van der Waals surface area contributed by atoms with Crippen LogP contribution in [0.4, 0.5) is 4.79 Å². The average Bonchev–Trinajstić information content (AvgIpc) is 2.85. The number of nitrogens with one attached hydrogen (secondary N) is 1. The number of thioether (sulfide) groups is 1. The van der Waals surface area contributed by atoms with Gasteiger partial charge in [0.15, 0.2) is 0 Å². The Morgan fingerprint density at radius 3 is 2.70 bits per heavy atom. The number of benzene rings is 1. The zero-order valence-corrected chi connectivity index (χ0v) is 14.2. The van der Waals surface area contributed by atoms with Gasteiger partial charge in [-0.25, -0.2) is 0 Å². The van der Waals surface area contributed by atoms with Gasteiger partial charge >= 0.3 is 0 Å². The van der Waals surface area contributed by atoms with Crippen LogP contribution in [0.1, 0.15) is 37.7 Å². The Balaban J connectivity index is 1.64. The van der Waals surface area contributed by atoms with E-state index in [4.69, 9.17) is 16.3 Å². The molecule has 1 heterocycles. The summed E-state index contributed by atoms with van der Waals surface area (Å²) in [6.45, 7) is 0.701. The first-order valence-corrected chi connectivity index (χ1v) is 8.98. The van der Waals surface area contributed by atoms with Crippen LogP contribution in [-0.2, 0) is 4.79 Å². The molecule has 1 N–H and O–H groups in total. The lowest BCUT2D eigenvalue weighted by Crippen LogP contribution is -2.17. The summed E-state index contributed by atoms with van der Waals surface area (Å²) in [6.07, 6.45) is 8.00. The number of carbonyl (C=O) groups is 2. The van der Waals surface area contributed by atoms with Crippen molar-refractivity contribution in [3.8, 4) is 5.75 Å². The van der Waals surface area contributed by atoms with Gasteiger partial charge in [0.25, 0.3) is 11.1 Å². The van der Waals surface area contributed by atoms with E-state index in [1.807, 2.05) is 12.1 Å². The zero-order chi connectivity index (χ0) is 16.2. The van der Waals surface area contributed by atoms with Gasteiger partial charge in [0, 0.05) is 0 Å². The molecule has 1 aliphatic carbocycles. The summed E-state index contributed by atoms with van der Waals surface area (Å²) in [5.74, 6) is 0.916. The molecule has 1 aromatic rings. The predicted molar refractivity (Wildman–Crippen MR) is 92.6 cm³/mol. The van der Waals surface area contributed by atoms with E-state index >= 15 is 0 Å². The number of hydrogen-bond donors (Lipinski definition) is 1. The first kappa shape index (κ1) is 16.4. The standard InChI is InChI=1S/C17H18ClNO3S/c18-13-8-12(9-15-16(20)19-17(21)23-15)6-7-14(13)22-10-11-4-2-1-3-5-11/h6-9,11H,1-5,10H2,(H,19,20,21)/b15-9+. The minimum absolute atomic E-state index is 0.347. The van der Waals surface area contributed by atoms with E-state index in [9.17, 15) is 9.59 Å². The summed E-state index contributed by atoms with van der Waals surface area (Å²) >= 11 is 7.16. The Hall–Kier alpha value is -1.46. The molecule has 3 rings (SSSR count). The third kappa shape index (κ3) is 4.30. The minimum atomic E-state index is -0.367. The molecule has 1 saturated carbocycles. The lowest BCUT2D eigenvalue weighted by atomic mass is 9.90. The molecule has 23 heavy (non-hydrogen) atoms. The van der Waals surface area contributed by atoms with Gasteiger partial charge < -0.3 is 4.74 Å². The van der Waals surface area contributed by atoms with E-state index in [1.165, 1.54) is 32.1 Å². The minimum Gasteiger partial charge on any atom is -0.492 e. The van der Waals surface area contributed by atoms with Crippen molar-refractivity contribution in [3.05, 3.63) is 33.7 Å². The molecule has 4 nitrogen and oxygen atoms in total. The second-order valence-corrected chi connectivity index (χ2v) is 7.28. The molecule has 0 spiro atoms. The van der Waals surface area contributed by atoms with Crippen LogP contribution >= 0.6 is 23.4 Å². The Bertz CT molecular complexity index is 653. The molecule has 0 aromatic heterocycles. The molecule has 0 atom stereocenters. The topological polar surface area (TPSA) is 55.4 Å². The number of halogens is 1.